The monoisotopic (exact) mass is 396 g/mol. The second kappa shape index (κ2) is 8.51. The summed E-state index contributed by atoms with van der Waals surface area (Å²) in [5, 5.41) is 7.83. The van der Waals surface area contributed by atoms with Gasteiger partial charge >= 0.3 is 0 Å². The van der Waals surface area contributed by atoms with Gasteiger partial charge in [-0.05, 0) is 36.4 Å². The van der Waals surface area contributed by atoms with Crippen molar-refractivity contribution >= 4 is 39.8 Å². The lowest BCUT2D eigenvalue weighted by atomic mass is 10.2. The Bertz CT molecular complexity index is 805. The highest BCUT2D eigenvalue weighted by Crippen LogP contribution is 2.25. The number of nitrogens with one attached hydrogen (secondary N) is 2. The average molecular weight is 397 g/mol. The first kappa shape index (κ1) is 18.7. The normalized spacial score (nSPS) is 14.2. The maximum atomic E-state index is 13.1. The van der Waals surface area contributed by atoms with E-state index in [4.69, 9.17) is 16.3 Å². The van der Waals surface area contributed by atoms with Crippen LogP contribution in [0.1, 0.15) is 36.0 Å². The number of hydrogen-bond acceptors (Lipinski definition) is 4. The zero-order valence-corrected chi connectivity index (χ0v) is 15.5. The number of hydrogen-bond donors (Lipinski definition) is 2. The molecule has 0 bridgehead atoms. The van der Waals surface area contributed by atoms with Crippen LogP contribution in [0.3, 0.4) is 0 Å². The topological polar surface area (TPSA) is 67.4 Å². The van der Waals surface area contributed by atoms with Crippen molar-refractivity contribution < 1.29 is 18.7 Å². The fraction of sp³-hybridized carbons (Fsp3) is 0.333. The van der Waals surface area contributed by atoms with E-state index in [2.05, 4.69) is 10.6 Å². The van der Waals surface area contributed by atoms with Crippen LogP contribution in [0.2, 0.25) is 5.02 Å². The molecule has 2 amide bonds. The Kier molecular flexibility index (Phi) is 6.11. The van der Waals surface area contributed by atoms with Crippen molar-refractivity contribution in [3.8, 4) is 5.75 Å². The summed E-state index contributed by atoms with van der Waals surface area (Å²) in [6, 6.07) is 5.75. The lowest BCUT2D eigenvalue weighted by Crippen LogP contribution is -2.33. The van der Waals surface area contributed by atoms with Gasteiger partial charge in [-0.2, -0.15) is 0 Å². The van der Waals surface area contributed by atoms with E-state index in [0.29, 0.717) is 10.6 Å². The SMILES string of the molecule is O=C(COc1ccc(F)c(Cl)c1)Nc1sccc1C(=O)NC1CCCC1. The number of amides is 2. The van der Waals surface area contributed by atoms with Crippen LogP contribution in [0.15, 0.2) is 29.6 Å². The number of thiophene rings is 1. The van der Waals surface area contributed by atoms with Crippen molar-refractivity contribution in [1.29, 1.82) is 0 Å². The summed E-state index contributed by atoms with van der Waals surface area (Å²) in [6.45, 7) is -0.274. The van der Waals surface area contributed by atoms with Crippen LogP contribution >= 0.6 is 22.9 Å². The Hall–Kier alpha value is -2.12. The van der Waals surface area contributed by atoms with E-state index < -0.39 is 11.7 Å². The molecule has 1 aromatic heterocycles. The van der Waals surface area contributed by atoms with Crippen molar-refractivity contribution in [2.75, 3.05) is 11.9 Å². The number of halogens is 2. The fourth-order valence-corrected chi connectivity index (χ4v) is 3.77. The molecule has 138 valence electrons. The molecular weight excluding hydrogens is 379 g/mol. The van der Waals surface area contributed by atoms with E-state index in [1.165, 1.54) is 29.5 Å². The number of carbonyl (C=O) groups is 2. The van der Waals surface area contributed by atoms with Crippen LogP contribution in [0.4, 0.5) is 9.39 Å². The molecule has 0 aliphatic heterocycles. The third-order valence-electron chi connectivity index (χ3n) is 4.11. The zero-order chi connectivity index (χ0) is 18.5. The van der Waals surface area contributed by atoms with Crippen molar-refractivity contribution in [1.82, 2.24) is 5.32 Å². The molecule has 2 N–H and O–H groups in total. The highest BCUT2D eigenvalue weighted by molar-refractivity contribution is 7.14. The van der Waals surface area contributed by atoms with E-state index in [9.17, 15) is 14.0 Å². The van der Waals surface area contributed by atoms with E-state index >= 15 is 0 Å². The first-order valence-corrected chi connectivity index (χ1v) is 9.55. The molecule has 0 saturated heterocycles. The molecule has 26 heavy (non-hydrogen) atoms. The first-order valence-electron chi connectivity index (χ1n) is 8.29. The first-order chi connectivity index (χ1) is 12.5. The van der Waals surface area contributed by atoms with Gasteiger partial charge in [0.25, 0.3) is 11.8 Å². The van der Waals surface area contributed by atoms with Gasteiger partial charge in [-0.3, -0.25) is 9.59 Å². The highest BCUT2D eigenvalue weighted by atomic mass is 35.5. The van der Waals surface area contributed by atoms with E-state index in [1.54, 1.807) is 11.4 Å². The third-order valence-corrected chi connectivity index (χ3v) is 5.23. The van der Waals surface area contributed by atoms with Crippen LogP contribution in [0.25, 0.3) is 0 Å². The Balaban J connectivity index is 1.55. The van der Waals surface area contributed by atoms with Gasteiger partial charge in [0, 0.05) is 12.1 Å². The molecule has 0 atom stereocenters. The molecule has 0 radical (unpaired) electrons. The van der Waals surface area contributed by atoms with Crippen LogP contribution < -0.4 is 15.4 Å². The zero-order valence-electron chi connectivity index (χ0n) is 13.9. The van der Waals surface area contributed by atoms with Gasteiger partial charge in [-0.1, -0.05) is 24.4 Å². The molecule has 8 heteroatoms. The molecule has 0 unspecified atom stereocenters. The molecule has 1 aliphatic carbocycles. The van der Waals surface area contributed by atoms with Crippen LogP contribution in [-0.2, 0) is 4.79 Å². The fourth-order valence-electron chi connectivity index (χ4n) is 2.80. The van der Waals surface area contributed by atoms with E-state index in [-0.39, 0.29) is 29.3 Å². The quantitative estimate of drug-likeness (QED) is 0.767. The predicted molar refractivity (Wildman–Crippen MR) is 99.6 cm³/mol. The van der Waals surface area contributed by atoms with Gasteiger partial charge < -0.3 is 15.4 Å². The van der Waals surface area contributed by atoms with Crippen molar-refractivity contribution in [2.24, 2.45) is 0 Å². The Morgan fingerprint density at radius 2 is 2.04 bits per heavy atom. The lowest BCUT2D eigenvalue weighted by Gasteiger charge is -2.12. The molecule has 1 aliphatic rings. The summed E-state index contributed by atoms with van der Waals surface area (Å²) in [6.07, 6.45) is 4.24. The summed E-state index contributed by atoms with van der Waals surface area (Å²) >= 11 is 6.94. The van der Waals surface area contributed by atoms with Gasteiger partial charge in [0.15, 0.2) is 6.61 Å². The minimum atomic E-state index is -0.556. The molecule has 1 aromatic carbocycles. The number of rotatable bonds is 6. The van der Waals surface area contributed by atoms with Crippen LogP contribution in [0, 0.1) is 5.82 Å². The van der Waals surface area contributed by atoms with Crippen molar-refractivity contribution in [3.63, 3.8) is 0 Å². The number of benzene rings is 1. The van der Waals surface area contributed by atoms with Crippen LogP contribution in [0.5, 0.6) is 5.75 Å². The molecule has 0 spiro atoms. The van der Waals surface area contributed by atoms with Gasteiger partial charge in [-0.25, -0.2) is 4.39 Å². The van der Waals surface area contributed by atoms with E-state index in [0.717, 1.165) is 25.7 Å². The predicted octanol–water partition coefficient (Wildman–Crippen LogP) is 4.23. The molecular formula is C18H18ClFN2O3S. The average Bonchev–Trinajstić information content (AvgIpc) is 3.27. The molecule has 1 saturated carbocycles. The van der Waals surface area contributed by atoms with Gasteiger partial charge in [0.1, 0.15) is 16.6 Å². The Morgan fingerprint density at radius 3 is 2.77 bits per heavy atom. The number of ether oxygens (including phenoxy) is 1. The Labute approximate surface area is 159 Å². The summed E-state index contributed by atoms with van der Waals surface area (Å²) < 4.78 is 18.4. The smallest absolute Gasteiger partial charge is 0.262 e. The van der Waals surface area contributed by atoms with Gasteiger partial charge in [-0.15, -0.1) is 11.3 Å². The van der Waals surface area contributed by atoms with Crippen molar-refractivity contribution in [2.45, 2.75) is 31.7 Å². The minimum absolute atomic E-state index is 0.0768. The minimum Gasteiger partial charge on any atom is -0.484 e. The molecule has 3 rings (SSSR count). The maximum absolute atomic E-state index is 13.1. The summed E-state index contributed by atoms with van der Waals surface area (Å²) in [4.78, 5) is 24.5. The summed E-state index contributed by atoms with van der Waals surface area (Å²) in [7, 11) is 0. The largest absolute Gasteiger partial charge is 0.484 e. The van der Waals surface area contributed by atoms with Crippen molar-refractivity contribution in [3.05, 3.63) is 46.0 Å². The van der Waals surface area contributed by atoms with Gasteiger partial charge in [0.2, 0.25) is 0 Å². The number of anilines is 1. The molecule has 2 aromatic rings. The second-order valence-corrected chi connectivity index (χ2v) is 7.35. The second-order valence-electron chi connectivity index (χ2n) is 6.03. The molecule has 5 nitrogen and oxygen atoms in total. The number of carbonyl (C=O) groups excluding carboxylic acids is 2. The van der Waals surface area contributed by atoms with E-state index in [1.807, 2.05) is 0 Å². The van der Waals surface area contributed by atoms with Gasteiger partial charge in [0.05, 0.1) is 10.6 Å². The molecule has 1 fully saturated rings. The molecule has 1 heterocycles. The highest BCUT2D eigenvalue weighted by Gasteiger charge is 2.21. The lowest BCUT2D eigenvalue weighted by molar-refractivity contribution is -0.118. The summed E-state index contributed by atoms with van der Waals surface area (Å²) in [5.41, 5.74) is 0.445. The third kappa shape index (κ3) is 4.74. The maximum Gasteiger partial charge on any atom is 0.262 e. The standard InChI is InChI=1S/C18H18ClFN2O3S/c19-14-9-12(5-6-15(14)20)25-10-16(23)22-18-13(7-8-26-18)17(24)21-11-3-1-2-4-11/h5-9,11H,1-4,10H2,(H,21,24)(H,22,23). The Morgan fingerprint density at radius 1 is 1.27 bits per heavy atom. The summed E-state index contributed by atoms with van der Waals surface area (Å²) in [5.74, 6) is -0.862. The van der Waals surface area contributed by atoms with Crippen LogP contribution in [-0.4, -0.2) is 24.5 Å².